The standard InChI is InChI=1S/C15H20N4O3/c1-10(2)22-13-6-4-11(8-16-13)9-17-15(21)12-5-7-14(20)19(3)18-12/h4,6,8,10H,5,7,9H2,1-3H3,(H,17,21). The molecule has 1 aromatic heterocycles. The van der Waals surface area contributed by atoms with Crippen LogP contribution in [-0.4, -0.2) is 40.7 Å². The number of amides is 2. The lowest BCUT2D eigenvalue weighted by Crippen LogP contribution is -2.37. The van der Waals surface area contributed by atoms with E-state index in [1.807, 2.05) is 19.9 Å². The van der Waals surface area contributed by atoms with Crippen LogP contribution in [0.1, 0.15) is 32.3 Å². The van der Waals surface area contributed by atoms with E-state index < -0.39 is 0 Å². The number of pyridine rings is 1. The number of hydrogen-bond acceptors (Lipinski definition) is 5. The summed E-state index contributed by atoms with van der Waals surface area (Å²) in [5.74, 6) is 0.213. The molecule has 7 nitrogen and oxygen atoms in total. The smallest absolute Gasteiger partial charge is 0.267 e. The summed E-state index contributed by atoms with van der Waals surface area (Å²) in [7, 11) is 1.55. The minimum absolute atomic E-state index is 0.0714. The summed E-state index contributed by atoms with van der Waals surface area (Å²) in [6.07, 6.45) is 2.41. The highest BCUT2D eigenvalue weighted by atomic mass is 16.5. The van der Waals surface area contributed by atoms with Gasteiger partial charge in [-0.05, 0) is 19.4 Å². The van der Waals surface area contributed by atoms with Gasteiger partial charge in [0.1, 0.15) is 5.71 Å². The average molecular weight is 304 g/mol. The van der Waals surface area contributed by atoms with Crippen LogP contribution in [0.2, 0.25) is 0 Å². The highest BCUT2D eigenvalue weighted by molar-refractivity contribution is 6.39. The molecule has 22 heavy (non-hydrogen) atoms. The Bertz CT molecular complexity index is 581. The van der Waals surface area contributed by atoms with E-state index in [-0.39, 0.29) is 17.9 Å². The van der Waals surface area contributed by atoms with Crippen LogP contribution in [0.25, 0.3) is 0 Å². The molecule has 1 N–H and O–H groups in total. The Labute approximate surface area is 129 Å². The quantitative estimate of drug-likeness (QED) is 0.882. The average Bonchev–Trinajstić information content (AvgIpc) is 2.48. The zero-order valence-electron chi connectivity index (χ0n) is 13.0. The van der Waals surface area contributed by atoms with Crippen LogP contribution in [0, 0.1) is 0 Å². The Kier molecular flexibility index (Phi) is 5.08. The monoisotopic (exact) mass is 304 g/mol. The molecule has 0 saturated carbocycles. The number of hydrogen-bond donors (Lipinski definition) is 1. The molecule has 0 aromatic carbocycles. The van der Waals surface area contributed by atoms with E-state index in [1.165, 1.54) is 5.01 Å². The van der Waals surface area contributed by atoms with Gasteiger partial charge in [0.25, 0.3) is 5.91 Å². The van der Waals surface area contributed by atoms with Crippen molar-refractivity contribution in [2.24, 2.45) is 5.10 Å². The molecule has 0 bridgehead atoms. The van der Waals surface area contributed by atoms with Gasteiger partial charge in [-0.3, -0.25) is 9.59 Å². The van der Waals surface area contributed by atoms with Crippen molar-refractivity contribution in [2.45, 2.75) is 39.3 Å². The first-order chi connectivity index (χ1) is 10.5. The Morgan fingerprint density at radius 1 is 1.41 bits per heavy atom. The van der Waals surface area contributed by atoms with Crippen LogP contribution in [0.5, 0.6) is 5.88 Å². The first-order valence-electron chi connectivity index (χ1n) is 7.19. The van der Waals surface area contributed by atoms with Crippen molar-refractivity contribution in [1.29, 1.82) is 0 Å². The Balaban J connectivity index is 1.88. The third-order valence-electron chi connectivity index (χ3n) is 3.08. The van der Waals surface area contributed by atoms with E-state index in [1.54, 1.807) is 19.3 Å². The molecule has 0 unspecified atom stereocenters. The summed E-state index contributed by atoms with van der Waals surface area (Å²) in [4.78, 5) is 27.5. The summed E-state index contributed by atoms with van der Waals surface area (Å²) in [5, 5.41) is 7.96. The zero-order valence-corrected chi connectivity index (χ0v) is 13.0. The van der Waals surface area contributed by atoms with Crippen molar-refractivity contribution in [2.75, 3.05) is 7.05 Å². The van der Waals surface area contributed by atoms with E-state index in [0.29, 0.717) is 31.0 Å². The number of carbonyl (C=O) groups excluding carboxylic acids is 2. The van der Waals surface area contributed by atoms with Gasteiger partial charge in [-0.15, -0.1) is 0 Å². The SMILES string of the molecule is CC(C)Oc1ccc(CNC(=O)C2=NN(C)C(=O)CC2)cn1. The molecule has 0 fully saturated rings. The zero-order chi connectivity index (χ0) is 16.1. The van der Waals surface area contributed by atoms with Crippen molar-refractivity contribution >= 4 is 17.5 Å². The fourth-order valence-corrected chi connectivity index (χ4v) is 1.94. The number of rotatable bonds is 5. The minimum atomic E-state index is -0.262. The van der Waals surface area contributed by atoms with Crippen LogP contribution in [0.3, 0.4) is 0 Å². The van der Waals surface area contributed by atoms with Gasteiger partial charge < -0.3 is 10.1 Å². The van der Waals surface area contributed by atoms with Gasteiger partial charge in [0.15, 0.2) is 0 Å². The van der Waals surface area contributed by atoms with Crippen molar-refractivity contribution in [1.82, 2.24) is 15.3 Å². The summed E-state index contributed by atoms with van der Waals surface area (Å²) in [6, 6.07) is 3.62. The maximum absolute atomic E-state index is 12.0. The van der Waals surface area contributed by atoms with E-state index >= 15 is 0 Å². The van der Waals surface area contributed by atoms with Gasteiger partial charge in [0.05, 0.1) is 6.10 Å². The molecule has 0 spiro atoms. The fourth-order valence-electron chi connectivity index (χ4n) is 1.94. The van der Waals surface area contributed by atoms with Crippen LogP contribution >= 0.6 is 0 Å². The first kappa shape index (κ1) is 15.9. The van der Waals surface area contributed by atoms with Crippen molar-refractivity contribution in [3.8, 4) is 5.88 Å². The third kappa shape index (κ3) is 4.28. The summed E-state index contributed by atoms with van der Waals surface area (Å²) in [6.45, 7) is 4.22. The molecule has 0 atom stereocenters. The number of aromatic nitrogens is 1. The maximum Gasteiger partial charge on any atom is 0.267 e. The van der Waals surface area contributed by atoms with Gasteiger partial charge in [-0.2, -0.15) is 5.10 Å². The van der Waals surface area contributed by atoms with Crippen LogP contribution in [0.15, 0.2) is 23.4 Å². The number of hydrazone groups is 1. The van der Waals surface area contributed by atoms with Gasteiger partial charge in [0, 0.05) is 38.7 Å². The highest BCUT2D eigenvalue weighted by Crippen LogP contribution is 2.10. The molecular formula is C15H20N4O3. The van der Waals surface area contributed by atoms with E-state index in [9.17, 15) is 9.59 Å². The fraction of sp³-hybridized carbons (Fsp3) is 0.467. The number of nitrogens with one attached hydrogen (secondary N) is 1. The summed E-state index contributed by atoms with van der Waals surface area (Å²) in [5.41, 5.74) is 1.24. The van der Waals surface area contributed by atoms with Crippen LogP contribution in [-0.2, 0) is 16.1 Å². The molecule has 1 aliphatic rings. The highest BCUT2D eigenvalue weighted by Gasteiger charge is 2.21. The normalized spacial score (nSPS) is 14.8. The maximum atomic E-state index is 12.0. The second kappa shape index (κ2) is 7.02. The lowest BCUT2D eigenvalue weighted by molar-refractivity contribution is -0.130. The van der Waals surface area contributed by atoms with Crippen molar-refractivity contribution in [3.05, 3.63) is 23.9 Å². The Hall–Kier alpha value is -2.44. The minimum Gasteiger partial charge on any atom is -0.475 e. The number of carbonyl (C=O) groups is 2. The summed E-state index contributed by atoms with van der Waals surface area (Å²) >= 11 is 0. The molecule has 1 aliphatic heterocycles. The first-order valence-corrected chi connectivity index (χ1v) is 7.19. The Morgan fingerprint density at radius 3 is 2.77 bits per heavy atom. The van der Waals surface area contributed by atoms with Crippen molar-refractivity contribution in [3.63, 3.8) is 0 Å². The second-order valence-corrected chi connectivity index (χ2v) is 5.32. The molecular weight excluding hydrogens is 284 g/mol. The number of ether oxygens (including phenoxy) is 1. The van der Waals surface area contributed by atoms with Crippen LogP contribution < -0.4 is 10.1 Å². The molecule has 2 amide bonds. The Morgan fingerprint density at radius 2 is 2.18 bits per heavy atom. The molecule has 2 rings (SSSR count). The molecule has 2 heterocycles. The predicted octanol–water partition coefficient (Wildman–Crippen LogP) is 1.09. The predicted molar refractivity (Wildman–Crippen MR) is 81.3 cm³/mol. The number of nitrogens with zero attached hydrogens (tertiary/aromatic N) is 3. The molecule has 0 radical (unpaired) electrons. The van der Waals surface area contributed by atoms with Gasteiger partial charge in [0.2, 0.25) is 11.8 Å². The van der Waals surface area contributed by atoms with Gasteiger partial charge in [-0.1, -0.05) is 6.07 Å². The van der Waals surface area contributed by atoms with Gasteiger partial charge in [-0.25, -0.2) is 9.99 Å². The molecule has 118 valence electrons. The largest absolute Gasteiger partial charge is 0.475 e. The molecule has 0 saturated heterocycles. The van der Waals surface area contributed by atoms with E-state index in [0.717, 1.165) is 5.56 Å². The van der Waals surface area contributed by atoms with Crippen molar-refractivity contribution < 1.29 is 14.3 Å². The lowest BCUT2D eigenvalue weighted by Gasteiger charge is -2.18. The lowest BCUT2D eigenvalue weighted by atomic mass is 10.1. The van der Waals surface area contributed by atoms with Crippen LogP contribution in [0.4, 0.5) is 0 Å². The second-order valence-electron chi connectivity index (χ2n) is 5.32. The topological polar surface area (TPSA) is 83.9 Å². The third-order valence-corrected chi connectivity index (χ3v) is 3.08. The molecule has 7 heteroatoms. The van der Waals surface area contributed by atoms with E-state index in [2.05, 4.69) is 15.4 Å². The van der Waals surface area contributed by atoms with Gasteiger partial charge >= 0.3 is 0 Å². The van der Waals surface area contributed by atoms with E-state index in [4.69, 9.17) is 4.74 Å². The molecule has 1 aromatic rings. The summed E-state index contributed by atoms with van der Waals surface area (Å²) < 4.78 is 5.46. The molecule has 0 aliphatic carbocycles.